The van der Waals surface area contributed by atoms with Crippen LogP contribution in [0.15, 0.2) is 65.1 Å². The van der Waals surface area contributed by atoms with Crippen molar-refractivity contribution in [2.45, 2.75) is 0 Å². The molecule has 1 aromatic heterocycles. The summed E-state index contributed by atoms with van der Waals surface area (Å²) >= 11 is 6.24. The van der Waals surface area contributed by atoms with Gasteiger partial charge in [0.25, 0.3) is 0 Å². The SMILES string of the molecule is Clc1ccc(-c2nc3ccccc3o2)c2ccccc12. The Hall–Kier alpha value is -2.32. The maximum Gasteiger partial charge on any atom is 0.227 e. The number of hydrogen-bond acceptors (Lipinski definition) is 2. The minimum absolute atomic E-state index is 0.624. The Morgan fingerprint density at radius 3 is 2.40 bits per heavy atom. The Labute approximate surface area is 120 Å². The molecule has 0 radical (unpaired) electrons. The summed E-state index contributed by atoms with van der Waals surface area (Å²) in [7, 11) is 0. The highest BCUT2D eigenvalue weighted by atomic mass is 35.5. The van der Waals surface area contributed by atoms with Crippen molar-refractivity contribution in [3.05, 3.63) is 65.7 Å². The zero-order valence-corrected chi connectivity index (χ0v) is 11.3. The number of fused-ring (bicyclic) bond motifs is 2. The third kappa shape index (κ3) is 1.69. The molecule has 2 nitrogen and oxygen atoms in total. The third-order valence-corrected chi connectivity index (χ3v) is 3.72. The largest absolute Gasteiger partial charge is 0.436 e. The molecule has 0 N–H and O–H groups in total. The lowest BCUT2D eigenvalue weighted by atomic mass is 10.0. The topological polar surface area (TPSA) is 26.0 Å². The van der Waals surface area contributed by atoms with Gasteiger partial charge < -0.3 is 4.42 Å². The third-order valence-electron chi connectivity index (χ3n) is 3.40. The molecule has 1 heterocycles. The van der Waals surface area contributed by atoms with Gasteiger partial charge >= 0.3 is 0 Å². The van der Waals surface area contributed by atoms with Gasteiger partial charge in [-0.3, -0.25) is 0 Å². The van der Waals surface area contributed by atoms with Crippen LogP contribution < -0.4 is 0 Å². The molecular formula is C17H10ClNO. The fourth-order valence-electron chi connectivity index (χ4n) is 2.44. The number of rotatable bonds is 1. The summed E-state index contributed by atoms with van der Waals surface area (Å²) in [6, 6.07) is 19.6. The Morgan fingerprint density at radius 1 is 0.800 bits per heavy atom. The fraction of sp³-hybridized carbons (Fsp3) is 0. The van der Waals surface area contributed by atoms with Crippen molar-refractivity contribution in [3.63, 3.8) is 0 Å². The standard InChI is InChI=1S/C17H10ClNO/c18-14-10-9-13(11-5-1-2-6-12(11)14)17-19-15-7-3-4-8-16(15)20-17/h1-10H. The number of para-hydroxylation sites is 2. The maximum absolute atomic E-state index is 6.24. The molecule has 0 atom stereocenters. The number of oxazole rings is 1. The first-order chi connectivity index (χ1) is 9.83. The van der Waals surface area contributed by atoms with Gasteiger partial charge in [0.1, 0.15) is 5.52 Å². The van der Waals surface area contributed by atoms with E-state index in [4.69, 9.17) is 16.0 Å². The van der Waals surface area contributed by atoms with Crippen LogP contribution in [-0.4, -0.2) is 4.98 Å². The second-order valence-electron chi connectivity index (χ2n) is 4.63. The van der Waals surface area contributed by atoms with Gasteiger partial charge in [-0.15, -0.1) is 0 Å². The number of aromatic nitrogens is 1. The van der Waals surface area contributed by atoms with Crippen LogP contribution in [0.2, 0.25) is 5.02 Å². The molecule has 0 bridgehead atoms. The van der Waals surface area contributed by atoms with Crippen LogP contribution in [0.25, 0.3) is 33.3 Å². The number of benzene rings is 3. The normalized spacial score (nSPS) is 11.2. The fourth-order valence-corrected chi connectivity index (χ4v) is 2.66. The maximum atomic E-state index is 6.24. The van der Waals surface area contributed by atoms with Gasteiger partial charge in [0.2, 0.25) is 5.89 Å². The molecule has 4 rings (SSSR count). The summed E-state index contributed by atoms with van der Waals surface area (Å²) in [6.45, 7) is 0. The molecular weight excluding hydrogens is 270 g/mol. The van der Waals surface area contributed by atoms with Gasteiger partial charge in [0.05, 0.1) is 0 Å². The molecule has 0 aliphatic rings. The first kappa shape index (κ1) is 11.5. The van der Waals surface area contributed by atoms with Gasteiger partial charge in [-0.05, 0) is 29.7 Å². The molecule has 3 aromatic carbocycles. The second-order valence-corrected chi connectivity index (χ2v) is 5.03. The monoisotopic (exact) mass is 279 g/mol. The van der Waals surface area contributed by atoms with E-state index < -0.39 is 0 Å². The molecule has 96 valence electrons. The van der Waals surface area contributed by atoms with Crippen molar-refractivity contribution in [2.24, 2.45) is 0 Å². The average molecular weight is 280 g/mol. The molecule has 3 heteroatoms. The molecule has 0 fully saturated rings. The van der Waals surface area contributed by atoms with Crippen molar-refractivity contribution in [1.82, 2.24) is 4.98 Å². The molecule has 0 unspecified atom stereocenters. The van der Waals surface area contributed by atoms with Crippen LogP contribution in [0, 0.1) is 0 Å². The highest BCUT2D eigenvalue weighted by Gasteiger charge is 2.12. The van der Waals surface area contributed by atoms with E-state index in [0.29, 0.717) is 5.89 Å². The highest BCUT2D eigenvalue weighted by Crippen LogP contribution is 2.33. The predicted octanol–water partition coefficient (Wildman–Crippen LogP) is 5.30. The van der Waals surface area contributed by atoms with Gasteiger partial charge in [-0.1, -0.05) is 48.0 Å². The summed E-state index contributed by atoms with van der Waals surface area (Å²) in [5, 5.41) is 2.79. The van der Waals surface area contributed by atoms with E-state index in [9.17, 15) is 0 Å². The Morgan fingerprint density at radius 2 is 1.55 bits per heavy atom. The lowest BCUT2D eigenvalue weighted by Crippen LogP contribution is -1.82. The second kappa shape index (κ2) is 4.36. The Balaban J connectivity index is 2.04. The summed E-state index contributed by atoms with van der Waals surface area (Å²) in [5.41, 5.74) is 2.62. The van der Waals surface area contributed by atoms with Crippen molar-refractivity contribution >= 4 is 33.5 Å². The van der Waals surface area contributed by atoms with Crippen LogP contribution in [-0.2, 0) is 0 Å². The van der Waals surface area contributed by atoms with Crippen molar-refractivity contribution in [1.29, 1.82) is 0 Å². The Bertz CT molecular complexity index is 893. The summed E-state index contributed by atoms with van der Waals surface area (Å²) in [5.74, 6) is 0.624. The van der Waals surface area contributed by atoms with Gasteiger partial charge in [-0.2, -0.15) is 0 Å². The number of halogens is 1. The molecule has 4 aromatic rings. The Kier molecular flexibility index (Phi) is 2.51. The van der Waals surface area contributed by atoms with Crippen molar-refractivity contribution in [3.8, 4) is 11.5 Å². The lowest BCUT2D eigenvalue weighted by Gasteiger charge is -2.04. The first-order valence-corrected chi connectivity index (χ1v) is 6.74. The predicted molar refractivity (Wildman–Crippen MR) is 82.0 cm³/mol. The average Bonchev–Trinajstić information content (AvgIpc) is 2.91. The van der Waals surface area contributed by atoms with E-state index in [-0.39, 0.29) is 0 Å². The summed E-state index contributed by atoms with van der Waals surface area (Å²) < 4.78 is 5.85. The minimum atomic E-state index is 0.624. The molecule has 20 heavy (non-hydrogen) atoms. The summed E-state index contributed by atoms with van der Waals surface area (Å²) in [6.07, 6.45) is 0. The summed E-state index contributed by atoms with van der Waals surface area (Å²) in [4.78, 5) is 4.55. The van der Waals surface area contributed by atoms with E-state index in [0.717, 1.165) is 32.5 Å². The van der Waals surface area contributed by atoms with Crippen LogP contribution in [0.1, 0.15) is 0 Å². The molecule has 0 spiro atoms. The molecule has 0 saturated carbocycles. The first-order valence-electron chi connectivity index (χ1n) is 6.36. The smallest absolute Gasteiger partial charge is 0.227 e. The zero-order chi connectivity index (χ0) is 13.5. The highest BCUT2D eigenvalue weighted by molar-refractivity contribution is 6.36. The van der Waals surface area contributed by atoms with E-state index in [1.165, 1.54) is 0 Å². The van der Waals surface area contributed by atoms with Crippen LogP contribution in [0.4, 0.5) is 0 Å². The molecule has 0 saturated heterocycles. The van der Waals surface area contributed by atoms with Crippen molar-refractivity contribution < 1.29 is 4.42 Å². The van der Waals surface area contributed by atoms with Crippen molar-refractivity contribution in [2.75, 3.05) is 0 Å². The van der Waals surface area contributed by atoms with E-state index in [2.05, 4.69) is 4.98 Å². The van der Waals surface area contributed by atoms with E-state index >= 15 is 0 Å². The van der Waals surface area contributed by atoms with E-state index in [1.54, 1.807) is 0 Å². The number of hydrogen-bond donors (Lipinski definition) is 0. The molecule has 0 aliphatic heterocycles. The molecule has 0 amide bonds. The van der Waals surface area contributed by atoms with Gasteiger partial charge in [0.15, 0.2) is 5.58 Å². The minimum Gasteiger partial charge on any atom is -0.436 e. The van der Waals surface area contributed by atoms with Gasteiger partial charge in [0, 0.05) is 16.0 Å². The zero-order valence-electron chi connectivity index (χ0n) is 10.5. The van der Waals surface area contributed by atoms with Gasteiger partial charge in [-0.25, -0.2) is 4.98 Å². The van der Waals surface area contributed by atoms with Crippen LogP contribution >= 0.6 is 11.6 Å². The lowest BCUT2D eigenvalue weighted by molar-refractivity contribution is 0.620. The number of nitrogens with zero attached hydrogens (tertiary/aromatic N) is 1. The quantitative estimate of drug-likeness (QED) is 0.472. The van der Waals surface area contributed by atoms with Crippen LogP contribution in [0.3, 0.4) is 0 Å². The van der Waals surface area contributed by atoms with E-state index in [1.807, 2.05) is 60.7 Å². The molecule has 0 aliphatic carbocycles. The van der Waals surface area contributed by atoms with Crippen LogP contribution in [0.5, 0.6) is 0 Å².